The summed E-state index contributed by atoms with van der Waals surface area (Å²) in [6.07, 6.45) is 1.09. The van der Waals surface area contributed by atoms with Gasteiger partial charge in [-0.15, -0.1) is 0 Å². The molecule has 0 bridgehead atoms. The van der Waals surface area contributed by atoms with E-state index in [1.807, 2.05) is 73.0 Å². The lowest BCUT2D eigenvalue weighted by Crippen LogP contribution is -2.37. The van der Waals surface area contributed by atoms with E-state index in [0.717, 1.165) is 40.1 Å². The molecule has 2 amide bonds. The van der Waals surface area contributed by atoms with Crippen molar-refractivity contribution in [3.8, 4) is 0 Å². The van der Waals surface area contributed by atoms with Gasteiger partial charge in [-0.05, 0) is 55.7 Å². The van der Waals surface area contributed by atoms with Gasteiger partial charge in [-0.25, -0.2) is 4.98 Å². The van der Waals surface area contributed by atoms with Gasteiger partial charge in [0.05, 0.1) is 27.4 Å². The maximum atomic E-state index is 14.0. The van der Waals surface area contributed by atoms with E-state index in [9.17, 15) is 9.59 Å². The number of rotatable bonds is 9. The second kappa shape index (κ2) is 11.6. The Balaban J connectivity index is 1.52. The lowest BCUT2D eigenvalue weighted by Gasteiger charge is -2.27. The molecule has 1 saturated heterocycles. The lowest BCUT2D eigenvalue weighted by molar-refractivity contribution is -0.120. The van der Waals surface area contributed by atoms with Gasteiger partial charge in [0.1, 0.15) is 19.1 Å². The van der Waals surface area contributed by atoms with Crippen LogP contribution >= 0.6 is 11.6 Å². The van der Waals surface area contributed by atoms with Crippen molar-refractivity contribution in [1.29, 1.82) is 0 Å². The van der Waals surface area contributed by atoms with Gasteiger partial charge >= 0.3 is 0 Å². The van der Waals surface area contributed by atoms with E-state index in [2.05, 4.69) is 13.0 Å². The molecule has 39 heavy (non-hydrogen) atoms. The zero-order valence-electron chi connectivity index (χ0n) is 22.6. The van der Waals surface area contributed by atoms with Gasteiger partial charge < -0.3 is 14.2 Å². The number of para-hydroxylation sites is 4. The molecule has 1 fully saturated rings. The number of halogens is 1. The van der Waals surface area contributed by atoms with E-state index < -0.39 is 0 Å². The number of aromatic nitrogens is 2. The van der Waals surface area contributed by atoms with Crippen LogP contribution in [-0.4, -0.2) is 41.2 Å². The monoisotopic (exact) mass is 544 g/mol. The quantitative estimate of drug-likeness (QED) is 0.238. The van der Waals surface area contributed by atoms with Crippen molar-refractivity contribution in [1.82, 2.24) is 9.55 Å². The molecule has 2 heterocycles. The Kier molecular flexibility index (Phi) is 8.00. The molecule has 0 spiro atoms. The Bertz CT molecular complexity index is 1520. The minimum absolute atomic E-state index is 0.0106. The van der Waals surface area contributed by atoms with Crippen LogP contribution in [0.15, 0.2) is 66.7 Å². The van der Waals surface area contributed by atoms with E-state index >= 15 is 0 Å². The minimum atomic E-state index is -0.182. The van der Waals surface area contributed by atoms with Gasteiger partial charge in [0.2, 0.25) is 11.8 Å². The highest BCUT2D eigenvalue weighted by molar-refractivity contribution is 6.33. The largest absolute Gasteiger partial charge is 0.361 e. The number of fused-ring (bicyclic) bond motifs is 1. The summed E-state index contributed by atoms with van der Waals surface area (Å²) >= 11 is 6.42. The normalized spacial score (nSPS) is 15.3. The number of imidazole rings is 1. The summed E-state index contributed by atoms with van der Waals surface area (Å²) in [4.78, 5) is 35.6. The van der Waals surface area contributed by atoms with E-state index in [-0.39, 0.29) is 31.0 Å². The number of benzene rings is 3. The summed E-state index contributed by atoms with van der Waals surface area (Å²) < 4.78 is 7.73. The highest BCUT2D eigenvalue weighted by Crippen LogP contribution is 2.36. The Morgan fingerprint density at radius 2 is 1.85 bits per heavy atom. The van der Waals surface area contributed by atoms with Crippen LogP contribution in [0.5, 0.6) is 0 Å². The van der Waals surface area contributed by atoms with Gasteiger partial charge in [-0.3, -0.25) is 14.5 Å². The number of hydrogen-bond acceptors (Lipinski definition) is 4. The zero-order chi connectivity index (χ0) is 27.5. The van der Waals surface area contributed by atoms with Crippen LogP contribution in [0.2, 0.25) is 5.02 Å². The first-order chi connectivity index (χ1) is 18.9. The fraction of sp³-hybridized carbons (Fsp3) is 0.323. The summed E-state index contributed by atoms with van der Waals surface area (Å²) in [6.45, 7) is 7.22. The standard InChI is InChI=1S/C31H33ClN4O3/c1-4-22-12-10-11-21(3)30(22)36(20-39-5-2)29(38)19-35-27-16-9-7-14-25(27)33-31(35)23-17-28(37)34(18-23)26-15-8-6-13-24(26)32/h6-16,23H,4-5,17-20H2,1-3H3. The van der Waals surface area contributed by atoms with Crippen LogP contribution < -0.4 is 9.80 Å². The zero-order valence-corrected chi connectivity index (χ0v) is 23.3. The Labute approximate surface area is 233 Å². The Morgan fingerprint density at radius 3 is 2.62 bits per heavy atom. The number of ether oxygens (including phenoxy) is 1. The summed E-state index contributed by atoms with van der Waals surface area (Å²) in [5.74, 6) is 0.441. The first-order valence-corrected chi connectivity index (χ1v) is 13.8. The average molecular weight is 545 g/mol. The minimum Gasteiger partial charge on any atom is -0.361 e. The number of carbonyl (C=O) groups excluding carboxylic acids is 2. The molecule has 1 unspecified atom stereocenters. The first-order valence-electron chi connectivity index (χ1n) is 13.4. The topological polar surface area (TPSA) is 67.7 Å². The third-order valence-electron chi connectivity index (χ3n) is 7.31. The first kappa shape index (κ1) is 26.9. The van der Waals surface area contributed by atoms with Crippen LogP contribution in [0, 0.1) is 6.92 Å². The number of carbonyl (C=O) groups is 2. The van der Waals surface area contributed by atoms with E-state index in [4.69, 9.17) is 21.3 Å². The fourth-order valence-corrected chi connectivity index (χ4v) is 5.65. The van der Waals surface area contributed by atoms with Crippen molar-refractivity contribution in [2.75, 3.05) is 29.7 Å². The van der Waals surface area contributed by atoms with Gasteiger partial charge in [-0.1, -0.05) is 61.0 Å². The van der Waals surface area contributed by atoms with Gasteiger partial charge in [0, 0.05) is 25.5 Å². The molecule has 0 saturated carbocycles. The number of hydrogen-bond donors (Lipinski definition) is 0. The molecule has 202 valence electrons. The molecule has 0 aliphatic carbocycles. The highest BCUT2D eigenvalue weighted by atomic mass is 35.5. The van der Waals surface area contributed by atoms with Crippen molar-refractivity contribution in [3.05, 3.63) is 88.7 Å². The highest BCUT2D eigenvalue weighted by Gasteiger charge is 2.36. The Morgan fingerprint density at radius 1 is 1.08 bits per heavy atom. The molecule has 7 nitrogen and oxygen atoms in total. The SMILES string of the molecule is CCOCN(C(=O)Cn1c(C2CC(=O)N(c3ccccc3Cl)C2)nc2ccccc21)c1c(C)cccc1CC. The maximum absolute atomic E-state index is 14.0. The number of amides is 2. The third kappa shape index (κ3) is 5.29. The molecule has 4 aromatic rings. The lowest BCUT2D eigenvalue weighted by atomic mass is 10.0. The van der Waals surface area contributed by atoms with Gasteiger partial charge in [0.25, 0.3) is 0 Å². The fourth-order valence-electron chi connectivity index (χ4n) is 5.41. The molecule has 0 radical (unpaired) electrons. The third-order valence-corrected chi connectivity index (χ3v) is 7.63. The molecule has 1 aliphatic rings. The van der Waals surface area contributed by atoms with Crippen molar-refractivity contribution in [3.63, 3.8) is 0 Å². The summed E-state index contributed by atoms with van der Waals surface area (Å²) in [7, 11) is 0. The van der Waals surface area contributed by atoms with Crippen molar-refractivity contribution in [2.45, 2.75) is 46.1 Å². The van der Waals surface area contributed by atoms with Crippen molar-refractivity contribution in [2.24, 2.45) is 0 Å². The van der Waals surface area contributed by atoms with Crippen molar-refractivity contribution >= 4 is 45.8 Å². The van der Waals surface area contributed by atoms with Crippen LogP contribution in [0.3, 0.4) is 0 Å². The van der Waals surface area contributed by atoms with Crippen LogP contribution in [0.1, 0.15) is 43.1 Å². The Hall–Kier alpha value is -3.68. The predicted molar refractivity (Wildman–Crippen MR) is 155 cm³/mol. The summed E-state index contributed by atoms with van der Waals surface area (Å²) in [5.41, 5.74) is 5.36. The molecule has 5 rings (SSSR count). The van der Waals surface area contributed by atoms with E-state index in [1.54, 1.807) is 15.9 Å². The molecule has 1 aliphatic heterocycles. The summed E-state index contributed by atoms with van der Waals surface area (Å²) in [6, 6.07) is 21.2. The summed E-state index contributed by atoms with van der Waals surface area (Å²) in [5, 5.41) is 0.534. The average Bonchev–Trinajstić information content (AvgIpc) is 3.50. The van der Waals surface area contributed by atoms with Gasteiger partial charge in [-0.2, -0.15) is 0 Å². The van der Waals surface area contributed by atoms with E-state index in [1.165, 1.54) is 0 Å². The molecular weight excluding hydrogens is 512 g/mol. The molecule has 3 aromatic carbocycles. The van der Waals surface area contributed by atoms with E-state index in [0.29, 0.717) is 30.3 Å². The number of anilines is 2. The van der Waals surface area contributed by atoms with Crippen molar-refractivity contribution < 1.29 is 14.3 Å². The molecule has 1 aromatic heterocycles. The molecular formula is C31H33ClN4O3. The van der Waals surface area contributed by atoms with Crippen LogP contribution in [0.25, 0.3) is 11.0 Å². The smallest absolute Gasteiger partial charge is 0.248 e. The van der Waals surface area contributed by atoms with Gasteiger partial charge in [0.15, 0.2) is 0 Å². The molecule has 1 atom stereocenters. The predicted octanol–water partition coefficient (Wildman–Crippen LogP) is 6.11. The molecule has 8 heteroatoms. The van der Waals surface area contributed by atoms with Crippen LogP contribution in [0.4, 0.5) is 11.4 Å². The maximum Gasteiger partial charge on any atom is 0.248 e. The van der Waals surface area contributed by atoms with Crippen LogP contribution in [-0.2, 0) is 27.3 Å². The second-order valence-electron chi connectivity index (χ2n) is 9.78. The number of nitrogens with zero attached hydrogens (tertiary/aromatic N) is 4. The number of aryl methyl sites for hydroxylation is 2. The second-order valence-corrected chi connectivity index (χ2v) is 10.2. The molecule has 0 N–H and O–H groups in total.